The van der Waals surface area contributed by atoms with Crippen LogP contribution in [0.5, 0.6) is 11.5 Å². The van der Waals surface area contributed by atoms with Crippen LogP contribution < -0.4 is 15.2 Å². The van der Waals surface area contributed by atoms with E-state index < -0.39 is 0 Å². The van der Waals surface area contributed by atoms with E-state index in [1.807, 2.05) is 45.8 Å². The molecule has 0 amide bonds. The zero-order valence-electron chi connectivity index (χ0n) is 18.2. The highest BCUT2D eigenvalue weighted by atomic mass is 16.5. The van der Waals surface area contributed by atoms with Gasteiger partial charge in [-0.1, -0.05) is 19.8 Å². The normalized spacial score (nSPS) is 19.2. The lowest BCUT2D eigenvalue weighted by Gasteiger charge is -2.29. The molecule has 0 unspecified atom stereocenters. The van der Waals surface area contributed by atoms with Crippen molar-refractivity contribution >= 4 is 22.1 Å². The van der Waals surface area contributed by atoms with E-state index in [1.165, 1.54) is 6.42 Å². The summed E-state index contributed by atoms with van der Waals surface area (Å²) in [5.41, 5.74) is 3.53. The molecule has 31 heavy (non-hydrogen) atoms. The highest BCUT2D eigenvalue weighted by Gasteiger charge is 2.29. The van der Waals surface area contributed by atoms with Crippen LogP contribution in [0.1, 0.15) is 44.2 Å². The summed E-state index contributed by atoms with van der Waals surface area (Å²) in [6.45, 7) is 2.65. The number of pyridine rings is 1. The van der Waals surface area contributed by atoms with Crippen molar-refractivity contribution < 1.29 is 9.47 Å². The molecule has 0 aliphatic heterocycles. The topological polar surface area (TPSA) is 74.1 Å². The van der Waals surface area contributed by atoms with E-state index in [4.69, 9.17) is 9.47 Å². The highest BCUT2D eigenvalue weighted by Crippen LogP contribution is 2.36. The predicted octanol–water partition coefficient (Wildman–Crippen LogP) is 4.50. The molecule has 0 bridgehead atoms. The molecule has 0 spiro atoms. The molecule has 1 fully saturated rings. The van der Waals surface area contributed by atoms with E-state index in [1.54, 1.807) is 14.2 Å². The van der Waals surface area contributed by atoms with Crippen LogP contribution in [0.15, 0.2) is 41.5 Å². The van der Waals surface area contributed by atoms with Crippen molar-refractivity contribution in [1.29, 1.82) is 0 Å². The second-order valence-electron chi connectivity index (χ2n) is 8.48. The van der Waals surface area contributed by atoms with E-state index >= 15 is 0 Å². The monoisotopic (exact) mass is 420 g/mol. The summed E-state index contributed by atoms with van der Waals surface area (Å²) >= 11 is 0. The Morgan fingerprint density at radius 2 is 2.00 bits per heavy atom. The van der Waals surface area contributed by atoms with Crippen LogP contribution in [0.3, 0.4) is 0 Å². The standard InChI is InChI=1S/C24H28N4O3/c1-15-6-4-5-7-19(15)28-22-18-10-11-25-23(18)26-13-20(22)27(24(28)29)14-16-12-17(30-2)8-9-21(16)31-3/h8-13,15,19H,4-7,14H2,1-3H3,(H,25,26)/t15-,19+/m1/s1. The Kier molecular flexibility index (Phi) is 4.96. The average molecular weight is 421 g/mol. The van der Waals surface area contributed by atoms with Crippen LogP contribution in [-0.2, 0) is 6.54 Å². The third kappa shape index (κ3) is 3.19. The first-order valence-corrected chi connectivity index (χ1v) is 10.9. The van der Waals surface area contributed by atoms with Crippen molar-refractivity contribution in [2.75, 3.05) is 14.2 Å². The van der Waals surface area contributed by atoms with Crippen LogP contribution >= 0.6 is 0 Å². The van der Waals surface area contributed by atoms with Crippen molar-refractivity contribution in [1.82, 2.24) is 19.1 Å². The lowest BCUT2D eigenvalue weighted by atomic mass is 9.85. The number of imidazole rings is 1. The summed E-state index contributed by atoms with van der Waals surface area (Å²) in [5, 5.41) is 0.990. The number of aromatic amines is 1. The molecule has 3 aromatic heterocycles. The molecule has 7 heteroatoms. The Morgan fingerprint density at radius 3 is 2.77 bits per heavy atom. The number of aromatic nitrogens is 4. The molecule has 1 aliphatic rings. The number of rotatable bonds is 5. The third-order valence-electron chi connectivity index (χ3n) is 6.72. The predicted molar refractivity (Wildman–Crippen MR) is 121 cm³/mol. The van der Waals surface area contributed by atoms with E-state index in [0.717, 1.165) is 58.4 Å². The summed E-state index contributed by atoms with van der Waals surface area (Å²) in [6, 6.07) is 7.88. The molecule has 162 valence electrons. The number of benzene rings is 1. The number of nitrogens with zero attached hydrogens (tertiary/aromatic N) is 3. The Morgan fingerprint density at radius 1 is 1.16 bits per heavy atom. The Balaban J connectivity index is 1.75. The first-order valence-electron chi connectivity index (χ1n) is 10.9. The van der Waals surface area contributed by atoms with E-state index in [9.17, 15) is 4.79 Å². The fourth-order valence-corrected chi connectivity index (χ4v) is 5.08. The summed E-state index contributed by atoms with van der Waals surface area (Å²) in [5.74, 6) is 1.92. The van der Waals surface area contributed by atoms with Crippen molar-refractivity contribution in [3.05, 3.63) is 52.7 Å². The molecule has 1 saturated carbocycles. The SMILES string of the molecule is COc1ccc(OC)c(Cn2c(=O)n([C@H]3CCCC[C@H]3C)c3c4cc[nH]c4ncc32)c1. The molecule has 0 saturated heterocycles. The lowest BCUT2D eigenvalue weighted by molar-refractivity contribution is 0.256. The Labute approximate surface area is 180 Å². The molecule has 1 N–H and O–H groups in total. The van der Waals surface area contributed by atoms with Gasteiger partial charge in [0, 0.05) is 23.2 Å². The van der Waals surface area contributed by atoms with Crippen molar-refractivity contribution in [2.24, 2.45) is 5.92 Å². The average Bonchev–Trinajstić information content (AvgIpc) is 3.37. The van der Waals surface area contributed by atoms with Gasteiger partial charge in [-0.2, -0.15) is 0 Å². The first-order chi connectivity index (χ1) is 15.1. The second-order valence-corrected chi connectivity index (χ2v) is 8.48. The van der Waals surface area contributed by atoms with Crippen molar-refractivity contribution in [2.45, 2.75) is 45.2 Å². The number of hydrogen-bond donors (Lipinski definition) is 1. The molecular formula is C24H28N4O3. The Bertz CT molecular complexity index is 1300. The number of hydrogen-bond acceptors (Lipinski definition) is 4. The fraction of sp³-hybridized carbons (Fsp3) is 0.417. The van der Waals surface area contributed by atoms with Gasteiger partial charge in [-0.3, -0.25) is 9.13 Å². The number of methoxy groups -OCH3 is 2. The smallest absolute Gasteiger partial charge is 0.329 e. The van der Waals surface area contributed by atoms with Crippen molar-refractivity contribution in [3.8, 4) is 11.5 Å². The highest BCUT2D eigenvalue weighted by molar-refractivity contribution is 6.01. The van der Waals surface area contributed by atoms with E-state index in [2.05, 4.69) is 16.9 Å². The molecule has 0 radical (unpaired) electrons. The van der Waals surface area contributed by atoms with Crippen molar-refractivity contribution in [3.63, 3.8) is 0 Å². The van der Waals surface area contributed by atoms with Crippen LogP contribution in [0.25, 0.3) is 22.1 Å². The summed E-state index contributed by atoms with van der Waals surface area (Å²) in [6.07, 6.45) is 8.25. The van der Waals surface area contributed by atoms with Gasteiger partial charge in [0.25, 0.3) is 0 Å². The maximum absolute atomic E-state index is 13.9. The largest absolute Gasteiger partial charge is 0.497 e. The zero-order valence-corrected chi connectivity index (χ0v) is 18.2. The molecular weight excluding hydrogens is 392 g/mol. The molecule has 1 aromatic carbocycles. The van der Waals surface area contributed by atoms with Gasteiger partial charge < -0.3 is 14.5 Å². The van der Waals surface area contributed by atoms with Gasteiger partial charge in [0.1, 0.15) is 17.1 Å². The third-order valence-corrected chi connectivity index (χ3v) is 6.72. The number of nitrogens with one attached hydrogen (secondary N) is 1. The molecule has 7 nitrogen and oxygen atoms in total. The van der Waals surface area contributed by atoms with Crippen LogP contribution in [0, 0.1) is 5.92 Å². The van der Waals surface area contributed by atoms with E-state index in [-0.39, 0.29) is 11.7 Å². The van der Waals surface area contributed by atoms with Gasteiger partial charge in [0.15, 0.2) is 0 Å². The summed E-state index contributed by atoms with van der Waals surface area (Å²) in [4.78, 5) is 21.6. The Hall–Kier alpha value is -3.22. The van der Waals surface area contributed by atoms with Gasteiger partial charge in [-0.05, 0) is 43.0 Å². The zero-order chi connectivity index (χ0) is 21.5. The molecule has 2 atom stereocenters. The molecule has 1 aliphatic carbocycles. The minimum atomic E-state index is 0.00845. The summed E-state index contributed by atoms with van der Waals surface area (Å²) in [7, 11) is 3.28. The van der Waals surface area contributed by atoms with Gasteiger partial charge in [-0.25, -0.2) is 9.78 Å². The first kappa shape index (κ1) is 19.7. The molecule has 4 aromatic rings. The van der Waals surface area contributed by atoms with Crippen LogP contribution in [0.4, 0.5) is 0 Å². The lowest BCUT2D eigenvalue weighted by Crippen LogP contribution is -2.32. The number of ether oxygens (including phenoxy) is 2. The molecule has 3 heterocycles. The number of fused-ring (bicyclic) bond motifs is 3. The van der Waals surface area contributed by atoms with Gasteiger partial charge in [0.2, 0.25) is 0 Å². The maximum atomic E-state index is 13.9. The maximum Gasteiger partial charge on any atom is 0.329 e. The van der Waals surface area contributed by atoms with Crippen LogP contribution in [-0.4, -0.2) is 33.3 Å². The minimum absolute atomic E-state index is 0.00845. The quantitative estimate of drug-likeness (QED) is 0.516. The van der Waals surface area contributed by atoms with Gasteiger partial charge >= 0.3 is 5.69 Å². The summed E-state index contributed by atoms with van der Waals surface area (Å²) < 4.78 is 14.8. The number of H-pyrrole nitrogens is 1. The van der Waals surface area contributed by atoms with Gasteiger partial charge in [0.05, 0.1) is 38.0 Å². The van der Waals surface area contributed by atoms with Crippen LogP contribution in [0.2, 0.25) is 0 Å². The van der Waals surface area contributed by atoms with Gasteiger partial charge in [-0.15, -0.1) is 0 Å². The van der Waals surface area contributed by atoms with E-state index in [0.29, 0.717) is 12.5 Å². The molecule has 5 rings (SSSR count). The second kappa shape index (κ2) is 7.80. The fourth-order valence-electron chi connectivity index (χ4n) is 5.08. The minimum Gasteiger partial charge on any atom is -0.497 e.